The number of nitrogens with zero attached hydrogens (tertiary/aromatic N) is 4. The van der Waals surface area contributed by atoms with Gasteiger partial charge in [0, 0.05) is 44.4 Å². The number of hydrogen-bond donors (Lipinski definition) is 2. The molecule has 1 amide bonds. The first-order valence-corrected chi connectivity index (χ1v) is 11.8. The van der Waals surface area contributed by atoms with Crippen LogP contribution in [0.15, 0.2) is 36.4 Å². The molecule has 8 nitrogen and oxygen atoms in total. The van der Waals surface area contributed by atoms with Crippen molar-refractivity contribution >= 4 is 17.3 Å². The van der Waals surface area contributed by atoms with Gasteiger partial charge in [0.2, 0.25) is 5.91 Å². The van der Waals surface area contributed by atoms with Crippen LogP contribution >= 0.6 is 0 Å². The van der Waals surface area contributed by atoms with Crippen molar-refractivity contribution in [2.75, 3.05) is 57.4 Å². The topological polar surface area (TPSA) is 90.8 Å². The smallest absolute Gasteiger partial charge is 0.240 e. The molecule has 3 aliphatic rings. The van der Waals surface area contributed by atoms with Gasteiger partial charge in [-0.05, 0) is 43.0 Å². The van der Waals surface area contributed by atoms with Gasteiger partial charge in [0.1, 0.15) is 5.82 Å². The van der Waals surface area contributed by atoms with Gasteiger partial charge in [-0.3, -0.25) is 4.79 Å². The number of nitrogens with one attached hydrogen (secondary N) is 1. The van der Waals surface area contributed by atoms with Crippen molar-refractivity contribution in [1.29, 1.82) is 0 Å². The zero-order chi connectivity index (χ0) is 22.6. The maximum Gasteiger partial charge on any atom is 0.240 e. The second-order valence-electron chi connectivity index (χ2n) is 8.77. The Morgan fingerprint density at radius 1 is 1.18 bits per heavy atom. The van der Waals surface area contributed by atoms with E-state index in [1.165, 1.54) is 0 Å². The number of morpholine rings is 1. The van der Waals surface area contributed by atoms with Gasteiger partial charge in [0.25, 0.3) is 0 Å². The molecule has 2 fully saturated rings. The summed E-state index contributed by atoms with van der Waals surface area (Å²) in [6, 6.07) is 10.1. The number of carbonyl (C=O) groups is 1. The fourth-order valence-electron chi connectivity index (χ4n) is 4.50. The molecule has 0 unspecified atom stereocenters. The van der Waals surface area contributed by atoms with Gasteiger partial charge in [-0.1, -0.05) is 24.3 Å². The molecule has 0 radical (unpaired) electrons. The van der Waals surface area contributed by atoms with E-state index in [2.05, 4.69) is 28.4 Å². The van der Waals surface area contributed by atoms with Crippen LogP contribution in [0.2, 0.25) is 0 Å². The molecule has 3 aliphatic heterocycles. The lowest BCUT2D eigenvalue weighted by molar-refractivity contribution is -0.134. The van der Waals surface area contributed by atoms with Gasteiger partial charge in [0.05, 0.1) is 24.9 Å². The number of amides is 1. The molecular weight excluding hydrogens is 418 g/mol. The van der Waals surface area contributed by atoms with E-state index in [-0.39, 0.29) is 18.6 Å². The van der Waals surface area contributed by atoms with E-state index in [4.69, 9.17) is 14.7 Å². The molecule has 174 valence electrons. The van der Waals surface area contributed by atoms with Crippen LogP contribution in [0.1, 0.15) is 24.1 Å². The number of benzene rings is 1. The molecule has 0 saturated carbocycles. The third-order valence-corrected chi connectivity index (χ3v) is 6.61. The van der Waals surface area contributed by atoms with Crippen molar-refractivity contribution in [3.63, 3.8) is 0 Å². The summed E-state index contributed by atoms with van der Waals surface area (Å²) in [7, 11) is 0. The Kier molecular flexibility index (Phi) is 6.66. The third kappa shape index (κ3) is 4.93. The second-order valence-corrected chi connectivity index (χ2v) is 8.77. The number of hydrogen-bond acceptors (Lipinski definition) is 7. The Morgan fingerprint density at radius 3 is 2.73 bits per heavy atom. The van der Waals surface area contributed by atoms with Crippen LogP contribution in [0.3, 0.4) is 0 Å². The number of anilines is 1. The Labute approximate surface area is 194 Å². The summed E-state index contributed by atoms with van der Waals surface area (Å²) in [5.41, 5.74) is 4.09. The van der Waals surface area contributed by atoms with E-state index in [1.807, 2.05) is 23.1 Å². The minimum absolute atomic E-state index is 0.00952. The highest BCUT2D eigenvalue weighted by atomic mass is 16.5. The molecule has 2 N–H and O–H groups in total. The first-order valence-electron chi connectivity index (χ1n) is 11.8. The maximum atomic E-state index is 12.6. The molecule has 2 aromatic rings. The molecule has 4 heterocycles. The summed E-state index contributed by atoms with van der Waals surface area (Å²) in [5.74, 6) is 1.80. The number of aromatic nitrogens is 2. The standard InChI is InChI=1S/C25H31N5O3/c31-13-7-18-2-1-3-20(16-18)24-27-22(17-23(28-24)29-11-14-33-15-12-29)19-5-9-30(10-6-19)25(32)21-4-8-26-21/h1-3,5,16-17,21,26,31H,4,6-15H2/t21-/m0/s1. The molecule has 0 bridgehead atoms. The minimum atomic E-state index is -0.00952. The van der Waals surface area contributed by atoms with Gasteiger partial charge in [0.15, 0.2) is 5.82 Å². The van der Waals surface area contributed by atoms with Gasteiger partial charge in [-0.25, -0.2) is 9.97 Å². The fraction of sp³-hybridized carbons (Fsp3) is 0.480. The Balaban J connectivity index is 1.45. The zero-order valence-electron chi connectivity index (χ0n) is 18.9. The number of rotatable bonds is 6. The Hall–Kier alpha value is -2.81. The quantitative estimate of drug-likeness (QED) is 0.691. The maximum absolute atomic E-state index is 12.6. The molecule has 1 aromatic heterocycles. The molecule has 0 spiro atoms. The van der Waals surface area contributed by atoms with Crippen molar-refractivity contribution in [2.24, 2.45) is 0 Å². The van der Waals surface area contributed by atoms with E-state index in [0.29, 0.717) is 38.5 Å². The van der Waals surface area contributed by atoms with E-state index in [9.17, 15) is 9.90 Å². The zero-order valence-corrected chi connectivity index (χ0v) is 18.9. The summed E-state index contributed by atoms with van der Waals surface area (Å²) >= 11 is 0. The van der Waals surface area contributed by atoms with Crippen molar-refractivity contribution in [2.45, 2.75) is 25.3 Å². The lowest BCUT2D eigenvalue weighted by atomic mass is 10.0. The van der Waals surface area contributed by atoms with Crippen LogP contribution in [-0.4, -0.2) is 84.5 Å². The third-order valence-electron chi connectivity index (χ3n) is 6.61. The van der Waals surface area contributed by atoms with Gasteiger partial charge >= 0.3 is 0 Å². The lowest BCUT2D eigenvalue weighted by Crippen LogP contribution is -2.55. The highest BCUT2D eigenvalue weighted by Crippen LogP contribution is 2.28. The first kappa shape index (κ1) is 22.0. The molecule has 1 aromatic carbocycles. The SMILES string of the molecule is O=C([C@@H]1CCN1)N1CC=C(c2cc(N3CCOCC3)nc(-c3cccc(CCO)c3)n2)CC1. The van der Waals surface area contributed by atoms with Gasteiger partial charge in [-0.2, -0.15) is 0 Å². The normalized spacial score (nSPS) is 20.9. The summed E-state index contributed by atoms with van der Waals surface area (Å²) in [6.07, 6.45) is 4.45. The van der Waals surface area contributed by atoms with Crippen LogP contribution in [0, 0.1) is 0 Å². The lowest BCUT2D eigenvalue weighted by Gasteiger charge is -2.34. The Bertz CT molecular complexity index is 1030. The van der Waals surface area contributed by atoms with Crippen LogP contribution in [0.4, 0.5) is 5.82 Å². The number of carbonyl (C=O) groups excluding carboxylic acids is 1. The number of aliphatic hydroxyl groups excluding tert-OH is 1. The molecule has 8 heteroatoms. The van der Waals surface area contributed by atoms with E-state index in [0.717, 1.165) is 60.7 Å². The average molecular weight is 450 g/mol. The second kappa shape index (κ2) is 9.99. The van der Waals surface area contributed by atoms with Crippen LogP contribution in [0.5, 0.6) is 0 Å². The minimum Gasteiger partial charge on any atom is -0.396 e. The van der Waals surface area contributed by atoms with E-state index < -0.39 is 0 Å². The summed E-state index contributed by atoms with van der Waals surface area (Å²) in [6.45, 7) is 5.35. The van der Waals surface area contributed by atoms with Gasteiger partial charge < -0.3 is 25.0 Å². The number of ether oxygens (including phenoxy) is 1. The largest absolute Gasteiger partial charge is 0.396 e. The van der Waals surface area contributed by atoms with E-state index >= 15 is 0 Å². The van der Waals surface area contributed by atoms with Gasteiger partial charge in [-0.15, -0.1) is 0 Å². The summed E-state index contributed by atoms with van der Waals surface area (Å²) < 4.78 is 5.53. The predicted octanol–water partition coefficient (Wildman–Crippen LogP) is 1.49. The van der Waals surface area contributed by atoms with Crippen LogP contribution in [-0.2, 0) is 16.0 Å². The molecule has 1 atom stereocenters. The molecule has 0 aliphatic carbocycles. The van der Waals surface area contributed by atoms with E-state index in [1.54, 1.807) is 0 Å². The predicted molar refractivity (Wildman–Crippen MR) is 127 cm³/mol. The van der Waals surface area contributed by atoms with Crippen LogP contribution < -0.4 is 10.2 Å². The number of aliphatic hydroxyl groups is 1. The molecule has 33 heavy (non-hydrogen) atoms. The summed E-state index contributed by atoms with van der Waals surface area (Å²) in [4.78, 5) is 26.6. The highest BCUT2D eigenvalue weighted by molar-refractivity contribution is 5.84. The Morgan fingerprint density at radius 2 is 2.03 bits per heavy atom. The molecular formula is C25H31N5O3. The van der Waals surface area contributed by atoms with Crippen molar-refractivity contribution in [1.82, 2.24) is 20.2 Å². The average Bonchev–Trinajstić information content (AvgIpc) is 2.84. The fourth-order valence-corrected chi connectivity index (χ4v) is 4.50. The van der Waals surface area contributed by atoms with Crippen molar-refractivity contribution in [3.8, 4) is 11.4 Å². The highest BCUT2D eigenvalue weighted by Gasteiger charge is 2.30. The van der Waals surface area contributed by atoms with Crippen molar-refractivity contribution in [3.05, 3.63) is 47.7 Å². The monoisotopic (exact) mass is 449 g/mol. The molecule has 5 rings (SSSR count). The molecule has 2 saturated heterocycles. The van der Waals surface area contributed by atoms with Crippen molar-refractivity contribution < 1.29 is 14.6 Å². The first-order chi connectivity index (χ1) is 16.2. The summed E-state index contributed by atoms with van der Waals surface area (Å²) in [5, 5.41) is 12.5. The van der Waals surface area contributed by atoms with Crippen LogP contribution in [0.25, 0.3) is 17.0 Å².